The molecule has 1 aromatic rings. The molecule has 6 heteroatoms. The number of amides is 1. The van der Waals surface area contributed by atoms with Gasteiger partial charge in [-0.15, -0.1) is 11.3 Å². The van der Waals surface area contributed by atoms with Crippen molar-refractivity contribution in [2.45, 2.75) is 71.9 Å². The van der Waals surface area contributed by atoms with Crippen molar-refractivity contribution in [1.29, 1.82) is 0 Å². The normalized spacial score (nSPS) is 20.0. The molecule has 140 valence electrons. The Kier molecular flexibility index (Phi) is 5.52. The highest BCUT2D eigenvalue weighted by molar-refractivity contribution is 7.14. The van der Waals surface area contributed by atoms with E-state index in [4.69, 9.17) is 9.47 Å². The van der Waals surface area contributed by atoms with Crippen LogP contribution in [0.1, 0.15) is 66.7 Å². The lowest BCUT2D eigenvalue weighted by Gasteiger charge is -2.42. The van der Waals surface area contributed by atoms with E-state index in [1.54, 1.807) is 11.9 Å². The summed E-state index contributed by atoms with van der Waals surface area (Å²) in [4.78, 5) is 28.2. The van der Waals surface area contributed by atoms with Gasteiger partial charge in [-0.3, -0.25) is 0 Å². The van der Waals surface area contributed by atoms with Gasteiger partial charge in [-0.05, 0) is 71.9 Å². The van der Waals surface area contributed by atoms with Crippen molar-refractivity contribution in [2.75, 3.05) is 13.7 Å². The van der Waals surface area contributed by atoms with Gasteiger partial charge in [0.25, 0.3) is 0 Å². The number of hydrogen-bond acceptors (Lipinski definition) is 5. The van der Waals surface area contributed by atoms with E-state index in [1.165, 1.54) is 16.9 Å². The van der Waals surface area contributed by atoms with Crippen LogP contribution in [0.25, 0.3) is 0 Å². The Morgan fingerprint density at radius 2 is 1.92 bits per heavy atom. The summed E-state index contributed by atoms with van der Waals surface area (Å²) in [6, 6.07) is 0. The minimum absolute atomic E-state index is 0.235. The molecular weight excluding hydrogens is 338 g/mol. The minimum atomic E-state index is -0.517. The number of carbonyl (C=O) groups excluding carboxylic acids is 2. The van der Waals surface area contributed by atoms with Crippen LogP contribution in [0.2, 0.25) is 0 Å². The Bertz CT molecular complexity index is 674. The fraction of sp³-hybridized carbons (Fsp3) is 0.684. The lowest BCUT2D eigenvalue weighted by atomic mass is 9.78. The first-order valence-electron chi connectivity index (χ1n) is 8.73. The van der Waals surface area contributed by atoms with Gasteiger partial charge in [0.15, 0.2) is 0 Å². The molecule has 1 aliphatic carbocycles. The molecule has 0 N–H and O–H groups in total. The maximum absolute atomic E-state index is 12.5. The molecule has 1 aromatic heterocycles. The molecule has 0 saturated carbocycles. The first-order valence-corrected chi connectivity index (χ1v) is 9.55. The number of carbonyl (C=O) groups is 2. The Hall–Kier alpha value is -1.56. The van der Waals surface area contributed by atoms with Crippen LogP contribution in [0.5, 0.6) is 0 Å². The topological polar surface area (TPSA) is 55.8 Å². The Morgan fingerprint density at radius 1 is 1.28 bits per heavy atom. The lowest BCUT2D eigenvalue weighted by Crippen LogP contribution is -2.52. The van der Waals surface area contributed by atoms with E-state index in [9.17, 15) is 9.59 Å². The predicted molar refractivity (Wildman–Crippen MR) is 99.4 cm³/mol. The standard InChI is InChI=1S/C19H29NO4S/c1-8-23-16(21)15-13-9-10-19(6,11-14(13)12(2)25-15)20(7)17(22)24-18(3,4)5/h8-11H2,1-7H3. The molecule has 1 aliphatic rings. The highest BCUT2D eigenvalue weighted by atomic mass is 32.1. The molecule has 25 heavy (non-hydrogen) atoms. The number of fused-ring (bicyclic) bond motifs is 1. The molecule has 0 radical (unpaired) electrons. The van der Waals surface area contributed by atoms with E-state index >= 15 is 0 Å². The number of ether oxygens (including phenoxy) is 2. The van der Waals surface area contributed by atoms with Gasteiger partial charge in [-0.1, -0.05) is 0 Å². The van der Waals surface area contributed by atoms with Gasteiger partial charge >= 0.3 is 12.1 Å². The predicted octanol–water partition coefficient (Wildman–Crippen LogP) is 4.35. The third kappa shape index (κ3) is 4.17. The molecule has 2 rings (SSSR count). The van der Waals surface area contributed by atoms with Crippen LogP contribution in [-0.4, -0.2) is 41.8 Å². The highest BCUT2D eigenvalue weighted by Crippen LogP contribution is 2.40. The fourth-order valence-electron chi connectivity index (χ4n) is 3.18. The molecular formula is C19H29NO4S. The maximum Gasteiger partial charge on any atom is 0.410 e. The third-order valence-corrected chi connectivity index (χ3v) is 5.90. The van der Waals surface area contributed by atoms with Crippen molar-refractivity contribution >= 4 is 23.4 Å². The molecule has 0 bridgehead atoms. The van der Waals surface area contributed by atoms with Gasteiger partial charge in [-0.25, -0.2) is 9.59 Å². The highest BCUT2D eigenvalue weighted by Gasteiger charge is 2.40. The molecule has 0 aliphatic heterocycles. The third-order valence-electron chi connectivity index (χ3n) is 4.73. The van der Waals surface area contributed by atoms with Crippen LogP contribution in [-0.2, 0) is 22.3 Å². The van der Waals surface area contributed by atoms with Crippen LogP contribution < -0.4 is 0 Å². The minimum Gasteiger partial charge on any atom is -0.462 e. The summed E-state index contributed by atoms with van der Waals surface area (Å²) >= 11 is 1.50. The summed E-state index contributed by atoms with van der Waals surface area (Å²) in [5.41, 5.74) is 1.43. The van der Waals surface area contributed by atoms with E-state index in [2.05, 4.69) is 6.92 Å². The molecule has 1 atom stereocenters. The summed E-state index contributed by atoms with van der Waals surface area (Å²) < 4.78 is 10.7. The molecule has 5 nitrogen and oxygen atoms in total. The summed E-state index contributed by atoms with van der Waals surface area (Å²) in [5, 5.41) is 0. The van der Waals surface area contributed by atoms with Crippen molar-refractivity contribution in [3.05, 3.63) is 20.9 Å². The smallest absolute Gasteiger partial charge is 0.410 e. The van der Waals surface area contributed by atoms with Gasteiger partial charge in [0.05, 0.1) is 6.61 Å². The van der Waals surface area contributed by atoms with E-state index in [0.29, 0.717) is 6.61 Å². The summed E-state index contributed by atoms with van der Waals surface area (Å²) in [6.45, 7) is 11.9. The number of hydrogen-bond donors (Lipinski definition) is 0. The SMILES string of the molecule is CCOC(=O)c1sc(C)c2c1CCC(C)(N(C)C(=O)OC(C)(C)C)C2. The van der Waals surface area contributed by atoms with Gasteiger partial charge in [0.2, 0.25) is 0 Å². The average molecular weight is 368 g/mol. The van der Waals surface area contributed by atoms with Gasteiger partial charge in [-0.2, -0.15) is 0 Å². The van der Waals surface area contributed by atoms with Crippen molar-refractivity contribution < 1.29 is 19.1 Å². The first-order chi connectivity index (χ1) is 11.5. The van der Waals surface area contributed by atoms with E-state index < -0.39 is 5.60 Å². The lowest BCUT2D eigenvalue weighted by molar-refractivity contribution is 0.00540. The van der Waals surface area contributed by atoms with Crippen molar-refractivity contribution in [3.63, 3.8) is 0 Å². The van der Waals surface area contributed by atoms with E-state index in [-0.39, 0.29) is 17.6 Å². The van der Waals surface area contributed by atoms with Crippen LogP contribution in [0, 0.1) is 6.92 Å². The van der Waals surface area contributed by atoms with E-state index in [0.717, 1.165) is 34.6 Å². The summed E-state index contributed by atoms with van der Waals surface area (Å²) in [7, 11) is 1.80. The monoisotopic (exact) mass is 367 g/mol. The molecule has 1 heterocycles. The van der Waals surface area contributed by atoms with Gasteiger partial charge in [0.1, 0.15) is 10.5 Å². The van der Waals surface area contributed by atoms with Crippen LogP contribution >= 0.6 is 11.3 Å². The maximum atomic E-state index is 12.5. The molecule has 0 saturated heterocycles. The van der Waals surface area contributed by atoms with E-state index in [1.807, 2.05) is 34.6 Å². The largest absolute Gasteiger partial charge is 0.462 e. The summed E-state index contributed by atoms with van der Waals surface area (Å²) in [6.07, 6.45) is 1.97. The first kappa shape index (κ1) is 19.8. The van der Waals surface area contributed by atoms with Gasteiger partial charge in [0, 0.05) is 17.5 Å². The number of aryl methyl sites for hydroxylation is 1. The zero-order valence-corrected chi connectivity index (χ0v) is 17.1. The molecule has 1 unspecified atom stereocenters. The number of likely N-dealkylation sites (N-methyl/N-ethyl adjacent to an activating group) is 1. The van der Waals surface area contributed by atoms with Crippen molar-refractivity contribution in [3.8, 4) is 0 Å². The number of thiophene rings is 1. The Morgan fingerprint density at radius 3 is 2.48 bits per heavy atom. The quantitative estimate of drug-likeness (QED) is 0.746. The van der Waals surface area contributed by atoms with Crippen LogP contribution in [0.4, 0.5) is 4.79 Å². The molecule has 0 spiro atoms. The zero-order valence-electron chi connectivity index (χ0n) is 16.3. The van der Waals surface area contributed by atoms with Crippen LogP contribution in [0.15, 0.2) is 0 Å². The molecule has 0 fully saturated rings. The number of nitrogens with zero attached hydrogens (tertiary/aromatic N) is 1. The molecule has 0 aromatic carbocycles. The van der Waals surface area contributed by atoms with Crippen LogP contribution in [0.3, 0.4) is 0 Å². The molecule has 1 amide bonds. The number of rotatable bonds is 3. The zero-order chi connectivity index (χ0) is 19.0. The van der Waals surface area contributed by atoms with Gasteiger partial charge < -0.3 is 14.4 Å². The number of esters is 1. The second-order valence-electron chi connectivity index (χ2n) is 7.88. The Balaban J connectivity index is 2.25. The second-order valence-corrected chi connectivity index (χ2v) is 9.10. The average Bonchev–Trinajstić information content (AvgIpc) is 2.81. The van der Waals surface area contributed by atoms with Crippen molar-refractivity contribution in [1.82, 2.24) is 4.90 Å². The summed E-state index contributed by atoms with van der Waals surface area (Å²) in [5.74, 6) is -0.235. The second kappa shape index (κ2) is 6.98. The Labute approximate surface area is 154 Å². The van der Waals surface area contributed by atoms with Crippen molar-refractivity contribution in [2.24, 2.45) is 0 Å². The fourth-order valence-corrected chi connectivity index (χ4v) is 4.30.